The number of hydrogen-bond donors (Lipinski definition) is 1. The van der Waals surface area contributed by atoms with E-state index in [0.717, 1.165) is 55.5 Å². The molecule has 2 aromatic carbocycles. The van der Waals surface area contributed by atoms with Crippen LogP contribution >= 0.6 is 11.3 Å². The number of nitrogens with one attached hydrogen (secondary N) is 1. The van der Waals surface area contributed by atoms with E-state index in [9.17, 15) is 9.59 Å². The van der Waals surface area contributed by atoms with Crippen LogP contribution in [0.3, 0.4) is 0 Å². The maximum atomic E-state index is 13.4. The highest BCUT2D eigenvalue weighted by Gasteiger charge is 2.43. The largest absolute Gasteiger partial charge is 0.325 e. The van der Waals surface area contributed by atoms with Crippen molar-refractivity contribution in [2.24, 2.45) is 0 Å². The Morgan fingerprint density at radius 3 is 2.48 bits per heavy atom. The van der Waals surface area contributed by atoms with Crippen LogP contribution in [0.5, 0.6) is 0 Å². The van der Waals surface area contributed by atoms with E-state index in [-0.39, 0.29) is 11.8 Å². The van der Waals surface area contributed by atoms with Crippen molar-refractivity contribution >= 4 is 34.5 Å². The molecule has 1 fully saturated rings. The number of carbonyl (C=O) groups excluding carboxylic acids is 2. The van der Waals surface area contributed by atoms with Gasteiger partial charge in [0.15, 0.2) is 0 Å². The van der Waals surface area contributed by atoms with Gasteiger partial charge in [-0.2, -0.15) is 0 Å². The molecule has 1 aliphatic heterocycles. The minimum Gasteiger partial charge on any atom is -0.325 e. The topological polar surface area (TPSA) is 49.4 Å². The number of anilines is 2. The van der Waals surface area contributed by atoms with Crippen molar-refractivity contribution in [3.63, 3.8) is 0 Å². The van der Waals surface area contributed by atoms with Gasteiger partial charge >= 0.3 is 0 Å². The highest BCUT2D eigenvalue weighted by atomic mass is 32.1. The molecule has 0 unspecified atom stereocenters. The molecule has 1 N–H and O–H groups in total. The molecule has 2 heterocycles. The maximum Gasteiger partial charge on any atom is 0.258 e. The van der Waals surface area contributed by atoms with Gasteiger partial charge in [-0.05, 0) is 73.0 Å². The van der Waals surface area contributed by atoms with Gasteiger partial charge in [0.1, 0.15) is 0 Å². The van der Waals surface area contributed by atoms with E-state index in [1.54, 1.807) is 11.3 Å². The molecule has 5 rings (SSSR count). The fourth-order valence-corrected chi connectivity index (χ4v) is 5.97. The molecule has 0 saturated heterocycles. The van der Waals surface area contributed by atoms with Gasteiger partial charge in [-0.1, -0.05) is 37.1 Å². The first-order chi connectivity index (χ1) is 15.2. The number of fused-ring (bicyclic) bond motifs is 1. The summed E-state index contributed by atoms with van der Waals surface area (Å²) in [5.41, 5.74) is 3.18. The van der Waals surface area contributed by atoms with E-state index in [4.69, 9.17) is 0 Å². The van der Waals surface area contributed by atoms with Gasteiger partial charge in [-0.15, -0.1) is 11.3 Å². The lowest BCUT2D eigenvalue weighted by molar-refractivity contribution is -0.121. The van der Waals surface area contributed by atoms with Crippen molar-refractivity contribution in [3.05, 3.63) is 82.0 Å². The van der Waals surface area contributed by atoms with Crippen LogP contribution in [0.4, 0.5) is 11.4 Å². The van der Waals surface area contributed by atoms with Crippen molar-refractivity contribution in [1.29, 1.82) is 0 Å². The standard InChI is InChI=1S/C26H26N2O2S/c29-24(19-8-2-1-3-9-19)28-16-6-10-20-18-21(12-13-22(20)28)27-25(30)26(14-4-5-15-26)23-11-7-17-31-23/h1-3,7-9,11-13,17-18H,4-6,10,14-16H2,(H,27,30). The van der Waals surface area contributed by atoms with E-state index in [0.29, 0.717) is 12.1 Å². The zero-order valence-corrected chi connectivity index (χ0v) is 18.3. The van der Waals surface area contributed by atoms with E-state index in [2.05, 4.69) is 22.8 Å². The number of nitrogens with zero attached hydrogens (tertiary/aromatic N) is 1. The molecule has 1 aliphatic carbocycles. The molecule has 158 valence electrons. The summed E-state index contributed by atoms with van der Waals surface area (Å²) in [6, 6.07) is 19.5. The molecular formula is C26H26N2O2S. The second-order valence-electron chi connectivity index (χ2n) is 8.49. The van der Waals surface area contributed by atoms with E-state index in [1.807, 2.05) is 53.4 Å². The minimum absolute atomic E-state index is 0.0286. The molecule has 0 bridgehead atoms. The number of amides is 2. The van der Waals surface area contributed by atoms with Gasteiger partial charge < -0.3 is 10.2 Å². The summed E-state index contributed by atoms with van der Waals surface area (Å²) in [6.07, 6.45) is 5.82. The Morgan fingerprint density at radius 1 is 0.935 bits per heavy atom. The number of benzene rings is 2. The predicted octanol–water partition coefficient (Wildman–Crippen LogP) is 5.79. The number of aryl methyl sites for hydroxylation is 1. The third kappa shape index (κ3) is 3.68. The highest BCUT2D eigenvalue weighted by molar-refractivity contribution is 7.10. The summed E-state index contributed by atoms with van der Waals surface area (Å²) in [5.74, 6) is 0.126. The summed E-state index contributed by atoms with van der Waals surface area (Å²) in [4.78, 5) is 29.5. The molecule has 2 amide bonds. The van der Waals surface area contributed by atoms with Crippen molar-refractivity contribution in [1.82, 2.24) is 0 Å². The molecule has 1 aromatic heterocycles. The van der Waals surface area contributed by atoms with Crippen LogP contribution in [0.15, 0.2) is 66.0 Å². The second-order valence-corrected chi connectivity index (χ2v) is 9.44. The summed E-state index contributed by atoms with van der Waals surface area (Å²) < 4.78 is 0. The number of rotatable bonds is 4. The average molecular weight is 431 g/mol. The molecule has 0 spiro atoms. The molecule has 4 nitrogen and oxygen atoms in total. The van der Waals surface area contributed by atoms with E-state index >= 15 is 0 Å². The third-order valence-corrected chi connectivity index (χ3v) is 7.68. The van der Waals surface area contributed by atoms with Crippen LogP contribution in [-0.2, 0) is 16.6 Å². The van der Waals surface area contributed by atoms with Crippen molar-refractivity contribution < 1.29 is 9.59 Å². The maximum absolute atomic E-state index is 13.4. The van der Waals surface area contributed by atoms with Crippen molar-refractivity contribution in [2.45, 2.75) is 43.9 Å². The monoisotopic (exact) mass is 430 g/mol. The Labute approximate surface area is 186 Å². The summed E-state index contributed by atoms with van der Waals surface area (Å²) in [6.45, 7) is 0.716. The molecular weight excluding hydrogens is 404 g/mol. The summed E-state index contributed by atoms with van der Waals surface area (Å²) >= 11 is 1.68. The Balaban J connectivity index is 1.39. The molecule has 31 heavy (non-hydrogen) atoms. The predicted molar refractivity (Wildman–Crippen MR) is 126 cm³/mol. The van der Waals surface area contributed by atoms with E-state index in [1.165, 1.54) is 4.88 Å². The van der Waals surface area contributed by atoms with Gasteiger partial charge in [0.05, 0.1) is 5.41 Å². The lowest BCUT2D eigenvalue weighted by Gasteiger charge is -2.31. The van der Waals surface area contributed by atoms with Crippen LogP contribution < -0.4 is 10.2 Å². The summed E-state index contributed by atoms with van der Waals surface area (Å²) in [5, 5.41) is 5.26. The van der Waals surface area contributed by atoms with Crippen LogP contribution in [0.2, 0.25) is 0 Å². The van der Waals surface area contributed by atoms with Gasteiger partial charge in [-0.3, -0.25) is 9.59 Å². The average Bonchev–Trinajstić information content (AvgIpc) is 3.51. The lowest BCUT2D eigenvalue weighted by atomic mass is 9.83. The fourth-order valence-electron chi connectivity index (χ4n) is 4.99. The Kier molecular flexibility index (Phi) is 5.36. The molecule has 2 aliphatic rings. The Morgan fingerprint density at radius 2 is 1.74 bits per heavy atom. The number of thiophene rings is 1. The molecule has 0 radical (unpaired) electrons. The van der Waals surface area contributed by atoms with Crippen molar-refractivity contribution in [2.75, 3.05) is 16.8 Å². The molecule has 1 saturated carbocycles. The first kappa shape index (κ1) is 20.0. The number of hydrogen-bond acceptors (Lipinski definition) is 3. The SMILES string of the molecule is O=C(c1ccccc1)N1CCCc2cc(NC(=O)C3(c4cccs4)CCCC3)ccc21. The summed E-state index contributed by atoms with van der Waals surface area (Å²) in [7, 11) is 0. The Bertz CT molecular complexity index is 1090. The van der Waals surface area contributed by atoms with Gasteiger partial charge in [0, 0.05) is 28.4 Å². The number of carbonyl (C=O) groups is 2. The first-order valence-electron chi connectivity index (χ1n) is 11.0. The lowest BCUT2D eigenvalue weighted by Crippen LogP contribution is -2.37. The van der Waals surface area contributed by atoms with Gasteiger partial charge in [0.25, 0.3) is 5.91 Å². The van der Waals surface area contributed by atoms with Crippen LogP contribution in [-0.4, -0.2) is 18.4 Å². The molecule has 5 heteroatoms. The fraction of sp³-hybridized carbons (Fsp3) is 0.308. The molecule has 0 atom stereocenters. The van der Waals surface area contributed by atoms with E-state index < -0.39 is 5.41 Å². The molecule has 3 aromatic rings. The van der Waals surface area contributed by atoms with Crippen molar-refractivity contribution in [3.8, 4) is 0 Å². The highest BCUT2D eigenvalue weighted by Crippen LogP contribution is 2.44. The second kappa shape index (κ2) is 8.31. The van der Waals surface area contributed by atoms with Gasteiger partial charge in [0.2, 0.25) is 5.91 Å². The quantitative estimate of drug-likeness (QED) is 0.569. The van der Waals surface area contributed by atoms with Crippen LogP contribution in [0.1, 0.15) is 52.9 Å². The minimum atomic E-state index is -0.403. The van der Waals surface area contributed by atoms with Gasteiger partial charge in [-0.25, -0.2) is 0 Å². The third-order valence-electron chi connectivity index (χ3n) is 6.61. The van der Waals surface area contributed by atoms with Crippen LogP contribution in [0, 0.1) is 0 Å². The normalized spacial score (nSPS) is 17.2. The zero-order chi connectivity index (χ0) is 21.3. The Hall–Kier alpha value is -2.92. The smallest absolute Gasteiger partial charge is 0.258 e. The van der Waals surface area contributed by atoms with Crippen LogP contribution in [0.25, 0.3) is 0 Å². The zero-order valence-electron chi connectivity index (χ0n) is 17.5. The first-order valence-corrected chi connectivity index (χ1v) is 11.9.